The molecule has 7 heteroatoms. The molecule has 1 unspecified atom stereocenters. The Bertz CT molecular complexity index is 698. The summed E-state index contributed by atoms with van der Waals surface area (Å²) >= 11 is 17.8. The van der Waals surface area contributed by atoms with E-state index in [1.807, 2.05) is 0 Å². The first kappa shape index (κ1) is 17.6. The monoisotopic (exact) mass is 370 g/mol. The minimum absolute atomic E-state index is 0.403. The van der Waals surface area contributed by atoms with Crippen molar-refractivity contribution in [2.75, 3.05) is 0 Å². The van der Waals surface area contributed by atoms with Crippen LogP contribution in [0.3, 0.4) is 0 Å². The molecule has 0 spiro atoms. The maximum absolute atomic E-state index is 11.9. The molecule has 120 valence electrons. The normalized spacial score (nSPS) is 12.2. The molecular weight excluding hydrogens is 359 g/mol. The van der Waals surface area contributed by atoms with Gasteiger partial charge >= 0.3 is 0 Å². The van der Waals surface area contributed by atoms with Gasteiger partial charge < -0.3 is 4.74 Å². The van der Waals surface area contributed by atoms with Crippen molar-refractivity contribution in [2.45, 2.75) is 13.0 Å². The molecule has 0 fully saturated rings. The summed E-state index contributed by atoms with van der Waals surface area (Å²) in [5.41, 5.74) is 2.91. The number of carbonyl (C=O) groups excluding carboxylic acids is 1. The average Bonchev–Trinajstić information content (AvgIpc) is 2.52. The standard InChI is InChI=1S/C16H13Cl3N2O2/c1-10(23-12-7-5-11(17)6-8-12)16(22)21-20-9-13-14(18)3-2-4-15(13)19/h2-10H,1H3,(H,21,22)/b20-9+. The number of carbonyl (C=O) groups is 1. The highest BCUT2D eigenvalue weighted by molar-refractivity contribution is 6.38. The number of ether oxygens (including phenoxy) is 1. The third-order valence-electron chi connectivity index (χ3n) is 2.86. The fourth-order valence-corrected chi connectivity index (χ4v) is 2.28. The first-order valence-electron chi connectivity index (χ1n) is 6.66. The molecule has 0 bridgehead atoms. The Morgan fingerprint density at radius 1 is 1.13 bits per heavy atom. The van der Waals surface area contributed by atoms with Crippen LogP contribution in [0.5, 0.6) is 5.75 Å². The molecule has 0 aliphatic carbocycles. The quantitative estimate of drug-likeness (QED) is 0.618. The van der Waals surface area contributed by atoms with Crippen molar-refractivity contribution in [2.24, 2.45) is 5.10 Å². The molecule has 2 aromatic carbocycles. The van der Waals surface area contributed by atoms with Crippen molar-refractivity contribution in [3.05, 3.63) is 63.1 Å². The van der Waals surface area contributed by atoms with Gasteiger partial charge in [-0.15, -0.1) is 0 Å². The Balaban J connectivity index is 1.93. The van der Waals surface area contributed by atoms with Crippen molar-refractivity contribution in [1.29, 1.82) is 0 Å². The smallest absolute Gasteiger partial charge is 0.280 e. The summed E-state index contributed by atoms with van der Waals surface area (Å²) in [5.74, 6) is 0.134. The molecule has 1 N–H and O–H groups in total. The van der Waals surface area contributed by atoms with Crippen molar-refractivity contribution in [1.82, 2.24) is 5.43 Å². The fraction of sp³-hybridized carbons (Fsp3) is 0.125. The highest BCUT2D eigenvalue weighted by atomic mass is 35.5. The molecule has 0 aliphatic rings. The number of amides is 1. The summed E-state index contributed by atoms with van der Waals surface area (Å²) in [5, 5.41) is 5.33. The van der Waals surface area contributed by atoms with Crippen LogP contribution in [0.1, 0.15) is 12.5 Å². The Labute approximate surface area is 149 Å². The van der Waals surface area contributed by atoms with E-state index in [1.165, 1.54) is 6.21 Å². The van der Waals surface area contributed by atoms with Gasteiger partial charge in [0.05, 0.1) is 16.3 Å². The Kier molecular flexibility index (Phi) is 6.28. The van der Waals surface area contributed by atoms with E-state index in [-0.39, 0.29) is 0 Å². The average molecular weight is 372 g/mol. The maximum Gasteiger partial charge on any atom is 0.280 e. The molecule has 0 radical (unpaired) electrons. The zero-order valence-corrected chi connectivity index (χ0v) is 14.4. The Hall–Kier alpha value is -1.75. The van der Waals surface area contributed by atoms with Crippen LogP contribution in [0.2, 0.25) is 15.1 Å². The van der Waals surface area contributed by atoms with E-state index in [0.717, 1.165) is 0 Å². The zero-order chi connectivity index (χ0) is 16.8. The predicted molar refractivity (Wildman–Crippen MR) is 93.7 cm³/mol. The van der Waals surface area contributed by atoms with Gasteiger partial charge in [0.2, 0.25) is 0 Å². The molecular formula is C16H13Cl3N2O2. The Morgan fingerprint density at radius 2 is 1.74 bits per heavy atom. The van der Waals surface area contributed by atoms with Gasteiger partial charge in [0.1, 0.15) is 5.75 Å². The van der Waals surface area contributed by atoms with Gasteiger partial charge in [-0.05, 0) is 43.3 Å². The summed E-state index contributed by atoms with van der Waals surface area (Å²) in [7, 11) is 0. The van der Waals surface area contributed by atoms with Gasteiger partial charge in [-0.1, -0.05) is 40.9 Å². The van der Waals surface area contributed by atoms with Crippen molar-refractivity contribution in [3.63, 3.8) is 0 Å². The van der Waals surface area contributed by atoms with Crippen molar-refractivity contribution < 1.29 is 9.53 Å². The number of hydrazone groups is 1. The molecule has 0 heterocycles. The lowest BCUT2D eigenvalue weighted by Gasteiger charge is -2.12. The summed E-state index contributed by atoms with van der Waals surface area (Å²) < 4.78 is 5.48. The number of rotatable bonds is 5. The van der Waals surface area contributed by atoms with Crippen LogP contribution in [0.4, 0.5) is 0 Å². The molecule has 2 aromatic rings. The van der Waals surface area contributed by atoms with Crippen LogP contribution in [-0.2, 0) is 4.79 Å². The highest BCUT2D eigenvalue weighted by Gasteiger charge is 2.14. The lowest BCUT2D eigenvalue weighted by atomic mass is 10.2. The lowest BCUT2D eigenvalue weighted by molar-refractivity contribution is -0.127. The minimum atomic E-state index is -0.727. The van der Waals surface area contributed by atoms with Gasteiger partial charge in [0, 0.05) is 10.6 Å². The maximum atomic E-state index is 11.9. The largest absolute Gasteiger partial charge is 0.481 e. The van der Waals surface area contributed by atoms with E-state index in [9.17, 15) is 4.79 Å². The van der Waals surface area contributed by atoms with Gasteiger partial charge in [-0.2, -0.15) is 5.10 Å². The molecule has 23 heavy (non-hydrogen) atoms. The van der Waals surface area contributed by atoms with Crippen LogP contribution >= 0.6 is 34.8 Å². The van der Waals surface area contributed by atoms with Gasteiger partial charge in [-0.25, -0.2) is 5.43 Å². The number of halogens is 3. The van der Waals surface area contributed by atoms with Crippen LogP contribution in [0.25, 0.3) is 0 Å². The predicted octanol–water partition coefficient (Wildman–Crippen LogP) is 4.56. The molecule has 1 atom stereocenters. The first-order chi connectivity index (χ1) is 11.0. The second-order valence-corrected chi connectivity index (χ2v) is 5.83. The SMILES string of the molecule is CC(Oc1ccc(Cl)cc1)C(=O)N/N=C/c1c(Cl)cccc1Cl. The second kappa shape index (κ2) is 8.20. The fourth-order valence-electron chi connectivity index (χ4n) is 1.66. The van der Waals surface area contributed by atoms with E-state index in [0.29, 0.717) is 26.4 Å². The van der Waals surface area contributed by atoms with E-state index in [1.54, 1.807) is 49.4 Å². The Morgan fingerprint density at radius 3 is 2.35 bits per heavy atom. The lowest BCUT2D eigenvalue weighted by Crippen LogP contribution is -2.33. The van der Waals surface area contributed by atoms with E-state index >= 15 is 0 Å². The second-order valence-electron chi connectivity index (χ2n) is 4.58. The molecule has 0 aromatic heterocycles. The molecule has 1 amide bonds. The van der Waals surface area contributed by atoms with Crippen LogP contribution < -0.4 is 10.2 Å². The van der Waals surface area contributed by atoms with Crippen LogP contribution in [-0.4, -0.2) is 18.2 Å². The zero-order valence-electron chi connectivity index (χ0n) is 12.1. The van der Waals surface area contributed by atoms with Crippen molar-refractivity contribution >= 4 is 46.9 Å². The first-order valence-corrected chi connectivity index (χ1v) is 7.80. The topological polar surface area (TPSA) is 50.7 Å². The summed E-state index contributed by atoms with van der Waals surface area (Å²) in [6.45, 7) is 1.61. The highest BCUT2D eigenvalue weighted by Crippen LogP contribution is 2.22. The summed E-state index contributed by atoms with van der Waals surface area (Å²) in [6, 6.07) is 11.8. The van der Waals surface area contributed by atoms with Gasteiger partial charge in [-0.3, -0.25) is 4.79 Å². The van der Waals surface area contributed by atoms with Crippen LogP contribution in [0, 0.1) is 0 Å². The van der Waals surface area contributed by atoms with Gasteiger partial charge in [0.25, 0.3) is 5.91 Å². The van der Waals surface area contributed by atoms with E-state index < -0.39 is 12.0 Å². The number of nitrogens with zero attached hydrogens (tertiary/aromatic N) is 1. The number of hydrogen-bond donors (Lipinski definition) is 1. The number of benzene rings is 2. The molecule has 4 nitrogen and oxygen atoms in total. The molecule has 0 aliphatic heterocycles. The third-order valence-corrected chi connectivity index (χ3v) is 3.77. The van der Waals surface area contributed by atoms with E-state index in [2.05, 4.69) is 10.5 Å². The summed E-state index contributed by atoms with van der Waals surface area (Å²) in [4.78, 5) is 11.9. The summed E-state index contributed by atoms with van der Waals surface area (Å²) in [6.07, 6.45) is 0.660. The number of nitrogens with one attached hydrogen (secondary N) is 1. The van der Waals surface area contributed by atoms with Crippen LogP contribution in [0.15, 0.2) is 47.6 Å². The van der Waals surface area contributed by atoms with Crippen molar-refractivity contribution in [3.8, 4) is 5.75 Å². The molecule has 0 saturated heterocycles. The molecule has 2 rings (SSSR count). The van der Waals surface area contributed by atoms with E-state index in [4.69, 9.17) is 39.5 Å². The molecule has 0 saturated carbocycles. The minimum Gasteiger partial charge on any atom is -0.481 e. The van der Waals surface area contributed by atoms with Gasteiger partial charge in [0.15, 0.2) is 6.10 Å². The number of hydrogen-bond acceptors (Lipinski definition) is 3. The third kappa shape index (κ3) is 5.13.